The lowest BCUT2D eigenvalue weighted by Gasteiger charge is -2.02. The van der Waals surface area contributed by atoms with Crippen molar-refractivity contribution in [3.8, 4) is 0 Å². The Morgan fingerprint density at radius 1 is 0.867 bits per heavy atom. The molecule has 0 aliphatic rings. The molecule has 1 aromatic heterocycles. The molecule has 0 aliphatic carbocycles. The van der Waals surface area contributed by atoms with Crippen molar-refractivity contribution in [2.45, 2.75) is 6.92 Å². The monoisotopic (exact) mass is 194 g/mol. The Morgan fingerprint density at radius 2 is 1.67 bits per heavy atom. The van der Waals surface area contributed by atoms with Crippen molar-refractivity contribution < 1.29 is 0 Å². The SMILES string of the molecule is Cc1cc2ccc3ccccc3c2nn1. The molecule has 0 unspecified atom stereocenters. The molecule has 15 heavy (non-hydrogen) atoms. The summed E-state index contributed by atoms with van der Waals surface area (Å²) in [6, 6.07) is 14.5. The Labute approximate surface area is 87.6 Å². The Balaban J connectivity index is 2.55. The number of hydrogen-bond donors (Lipinski definition) is 0. The summed E-state index contributed by atoms with van der Waals surface area (Å²) in [5.74, 6) is 0. The summed E-state index contributed by atoms with van der Waals surface area (Å²) in [5, 5.41) is 11.9. The topological polar surface area (TPSA) is 25.8 Å². The Morgan fingerprint density at radius 3 is 2.60 bits per heavy atom. The molecule has 3 aromatic rings. The molecule has 0 atom stereocenters. The summed E-state index contributed by atoms with van der Waals surface area (Å²) >= 11 is 0. The lowest BCUT2D eigenvalue weighted by molar-refractivity contribution is 1.02. The summed E-state index contributed by atoms with van der Waals surface area (Å²) in [4.78, 5) is 0. The molecule has 0 radical (unpaired) electrons. The second kappa shape index (κ2) is 3.02. The molecule has 1 heterocycles. The molecule has 0 amide bonds. The number of aryl methyl sites for hydroxylation is 1. The third kappa shape index (κ3) is 1.26. The van der Waals surface area contributed by atoms with Gasteiger partial charge in [-0.15, -0.1) is 5.10 Å². The number of benzene rings is 2. The van der Waals surface area contributed by atoms with Gasteiger partial charge in [0.1, 0.15) is 5.52 Å². The van der Waals surface area contributed by atoms with Crippen LogP contribution in [0.1, 0.15) is 5.69 Å². The summed E-state index contributed by atoms with van der Waals surface area (Å²) in [5.41, 5.74) is 1.94. The van der Waals surface area contributed by atoms with Crippen molar-refractivity contribution in [1.82, 2.24) is 10.2 Å². The summed E-state index contributed by atoms with van der Waals surface area (Å²) in [6.45, 7) is 1.96. The Kier molecular flexibility index (Phi) is 1.68. The van der Waals surface area contributed by atoms with Gasteiger partial charge in [0.15, 0.2) is 0 Å². The minimum Gasteiger partial charge on any atom is -0.155 e. The molecular formula is C13H10N2. The lowest BCUT2D eigenvalue weighted by Crippen LogP contribution is -1.88. The van der Waals surface area contributed by atoms with E-state index < -0.39 is 0 Å². The van der Waals surface area contributed by atoms with Crippen LogP contribution in [0.3, 0.4) is 0 Å². The van der Waals surface area contributed by atoms with E-state index in [2.05, 4.69) is 40.5 Å². The molecule has 3 rings (SSSR count). The molecule has 0 spiro atoms. The van der Waals surface area contributed by atoms with E-state index in [1.54, 1.807) is 0 Å². The smallest absolute Gasteiger partial charge is 0.101 e. The molecule has 0 N–H and O–H groups in total. The molecule has 2 heteroatoms. The van der Waals surface area contributed by atoms with Crippen molar-refractivity contribution in [3.63, 3.8) is 0 Å². The maximum atomic E-state index is 4.26. The van der Waals surface area contributed by atoms with Crippen molar-refractivity contribution >= 4 is 21.7 Å². The van der Waals surface area contributed by atoms with Crippen molar-refractivity contribution in [1.29, 1.82) is 0 Å². The van der Waals surface area contributed by atoms with E-state index in [1.807, 2.05) is 19.1 Å². The van der Waals surface area contributed by atoms with Crippen molar-refractivity contribution in [2.75, 3.05) is 0 Å². The first kappa shape index (κ1) is 8.36. The second-order valence-electron chi connectivity index (χ2n) is 3.71. The van der Waals surface area contributed by atoms with Crippen molar-refractivity contribution in [3.05, 3.63) is 48.2 Å². The van der Waals surface area contributed by atoms with Crippen molar-refractivity contribution in [2.24, 2.45) is 0 Å². The lowest BCUT2D eigenvalue weighted by atomic mass is 10.1. The average molecular weight is 194 g/mol. The predicted octanol–water partition coefficient (Wildman–Crippen LogP) is 3.09. The predicted molar refractivity (Wildman–Crippen MR) is 61.8 cm³/mol. The van der Waals surface area contributed by atoms with Crippen LogP contribution in [0.5, 0.6) is 0 Å². The summed E-state index contributed by atoms with van der Waals surface area (Å²) < 4.78 is 0. The normalized spacial score (nSPS) is 11.0. The maximum absolute atomic E-state index is 4.26. The molecule has 0 saturated heterocycles. The fourth-order valence-electron chi connectivity index (χ4n) is 1.88. The fraction of sp³-hybridized carbons (Fsp3) is 0.0769. The largest absolute Gasteiger partial charge is 0.155 e. The third-order valence-electron chi connectivity index (χ3n) is 2.60. The molecule has 2 aromatic carbocycles. The van der Waals surface area contributed by atoms with E-state index >= 15 is 0 Å². The first-order valence-electron chi connectivity index (χ1n) is 4.96. The van der Waals surface area contributed by atoms with Gasteiger partial charge >= 0.3 is 0 Å². The Bertz CT molecular complexity index is 644. The minimum absolute atomic E-state index is 0.956. The highest BCUT2D eigenvalue weighted by Gasteiger charge is 2.01. The highest BCUT2D eigenvalue weighted by molar-refractivity contribution is 6.04. The van der Waals surface area contributed by atoms with E-state index in [1.165, 1.54) is 10.8 Å². The van der Waals surface area contributed by atoms with E-state index in [9.17, 15) is 0 Å². The maximum Gasteiger partial charge on any atom is 0.101 e. The van der Waals surface area contributed by atoms with Gasteiger partial charge in [-0.05, 0) is 18.4 Å². The van der Waals surface area contributed by atoms with Crippen LogP contribution in [-0.4, -0.2) is 10.2 Å². The molecular weight excluding hydrogens is 184 g/mol. The van der Waals surface area contributed by atoms with Gasteiger partial charge in [0.25, 0.3) is 0 Å². The fourth-order valence-corrected chi connectivity index (χ4v) is 1.88. The average Bonchev–Trinajstić information content (AvgIpc) is 2.28. The highest BCUT2D eigenvalue weighted by atomic mass is 15.1. The van der Waals surface area contributed by atoms with Crippen LogP contribution < -0.4 is 0 Å². The second-order valence-corrected chi connectivity index (χ2v) is 3.71. The van der Waals surface area contributed by atoms with E-state index in [-0.39, 0.29) is 0 Å². The van der Waals surface area contributed by atoms with Crippen LogP contribution in [0, 0.1) is 6.92 Å². The first-order chi connectivity index (χ1) is 7.34. The van der Waals surface area contributed by atoms with Gasteiger partial charge in [0, 0.05) is 10.8 Å². The number of aromatic nitrogens is 2. The zero-order chi connectivity index (χ0) is 10.3. The van der Waals surface area contributed by atoms with Gasteiger partial charge in [-0.3, -0.25) is 0 Å². The number of fused-ring (bicyclic) bond motifs is 3. The molecule has 0 saturated carbocycles. The zero-order valence-corrected chi connectivity index (χ0v) is 8.44. The summed E-state index contributed by atoms with van der Waals surface area (Å²) in [6.07, 6.45) is 0. The van der Waals surface area contributed by atoms with Gasteiger partial charge < -0.3 is 0 Å². The third-order valence-corrected chi connectivity index (χ3v) is 2.60. The van der Waals surface area contributed by atoms with Gasteiger partial charge in [0.05, 0.1) is 5.69 Å². The van der Waals surface area contributed by atoms with Gasteiger partial charge in [-0.1, -0.05) is 36.4 Å². The van der Waals surface area contributed by atoms with Crippen LogP contribution in [0.25, 0.3) is 21.7 Å². The molecule has 72 valence electrons. The van der Waals surface area contributed by atoms with E-state index in [0.717, 1.165) is 16.6 Å². The Hall–Kier alpha value is -1.96. The van der Waals surface area contributed by atoms with Gasteiger partial charge in [-0.2, -0.15) is 5.10 Å². The van der Waals surface area contributed by atoms with Gasteiger partial charge in [-0.25, -0.2) is 0 Å². The van der Waals surface area contributed by atoms with Crippen LogP contribution in [0.2, 0.25) is 0 Å². The minimum atomic E-state index is 0.956. The number of hydrogen-bond acceptors (Lipinski definition) is 2. The summed E-state index contributed by atoms with van der Waals surface area (Å²) in [7, 11) is 0. The first-order valence-corrected chi connectivity index (χ1v) is 4.96. The van der Waals surface area contributed by atoms with Gasteiger partial charge in [0.2, 0.25) is 0 Å². The molecule has 2 nitrogen and oxygen atoms in total. The van der Waals surface area contributed by atoms with Crippen LogP contribution in [0.15, 0.2) is 42.5 Å². The van der Waals surface area contributed by atoms with Crippen LogP contribution in [-0.2, 0) is 0 Å². The molecule has 0 aliphatic heterocycles. The highest BCUT2D eigenvalue weighted by Crippen LogP contribution is 2.22. The standard InChI is InChI=1S/C13H10N2/c1-9-8-11-7-6-10-4-2-3-5-12(10)13(11)15-14-9/h2-8H,1H3. The molecule has 0 bridgehead atoms. The number of nitrogens with zero attached hydrogens (tertiary/aromatic N) is 2. The zero-order valence-electron chi connectivity index (χ0n) is 8.44. The van der Waals surface area contributed by atoms with E-state index in [0.29, 0.717) is 0 Å². The quantitative estimate of drug-likeness (QED) is 0.514. The van der Waals surface area contributed by atoms with Crippen LogP contribution in [0.4, 0.5) is 0 Å². The molecule has 0 fully saturated rings. The van der Waals surface area contributed by atoms with E-state index in [4.69, 9.17) is 0 Å². The number of rotatable bonds is 0. The van der Waals surface area contributed by atoms with Crippen LogP contribution >= 0.6 is 0 Å².